The Morgan fingerprint density at radius 1 is 0.914 bits per heavy atom. The molecule has 0 aliphatic carbocycles. The van der Waals surface area contributed by atoms with Gasteiger partial charge in [0.1, 0.15) is 41.3 Å². The lowest BCUT2D eigenvalue weighted by Crippen LogP contribution is -2.60. The van der Waals surface area contributed by atoms with Crippen LogP contribution in [-0.2, 0) is 4.74 Å². The molecule has 6 N–H and O–H groups in total. The van der Waals surface area contributed by atoms with Gasteiger partial charge in [-0.05, 0) is 18.2 Å². The first-order valence-corrected chi connectivity index (χ1v) is 10.4. The second-order valence-electron chi connectivity index (χ2n) is 7.81. The molecule has 2 aromatic carbocycles. The lowest BCUT2D eigenvalue weighted by Gasteiger charge is -2.39. The predicted molar refractivity (Wildman–Crippen MR) is 119 cm³/mol. The van der Waals surface area contributed by atoms with Crippen molar-refractivity contribution in [3.63, 3.8) is 0 Å². The molecular formula is C23H24O12. The monoisotopic (exact) mass is 492 g/mol. The first kappa shape index (κ1) is 24.6. The van der Waals surface area contributed by atoms with Gasteiger partial charge in [0.2, 0.25) is 12.0 Å². The van der Waals surface area contributed by atoms with Crippen molar-refractivity contribution in [3.05, 3.63) is 40.6 Å². The maximum absolute atomic E-state index is 12.6. The molecule has 5 unspecified atom stereocenters. The van der Waals surface area contributed by atoms with Crippen molar-refractivity contribution in [2.24, 2.45) is 0 Å². The lowest BCUT2D eigenvalue weighted by molar-refractivity contribution is -0.277. The quantitative estimate of drug-likeness (QED) is 0.254. The number of hydrogen-bond donors (Lipinski definition) is 6. The van der Waals surface area contributed by atoms with Gasteiger partial charge in [-0.2, -0.15) is 0 Å². The van der Waals surface area contributed by atoms with Crippen LogP contribution in [0.3, 0.4) is 0 Å². The van der Waals surface area contributed by atoms with Gasteiger partial charge in [0.15, 0.2) is 28.3 Å². The molecule has 0 spiro atoms. The van der Waals surface area contributed by atoms with Crippen molar-refractivity contribution < 1.29 is 54.0 Å². The Morgan fingerprint density at radius 2 is 1.63 bits per heavy atom. The van der Waals surface area contributed by atoms with Crippen molar-refractivity contribution >= 4 is 11.0 Å². The van der Waals surface area contributed by atoms with Gasteiger partial charge < -0.3 is 54.0 Å². The molecule has 2 heterocycles. The maximum atomic E-state index is 12.6. The van der Waals surface area contributed by atoms with E-state index in [1.54, 1.807) is 0 Å². The van der Waals surface area contributed by atoms with Crippen molar-refractivity contribution in [1.82, 2.24) is 0 Å². The molecule has 35 heavy (non-hydrogen) atoms. The maximum Gasteiger partial charge on any atom is 0.229 e. The van der Waals surface area contributed by atoms with Crippen LogP contribution < -0.4 is 19.6 Å². The zero-order chi connectivity index (χ0) is 25.4. The van der Waals surface area contributed by atoms with Gasteiger partial charge in [-0.25, -0.2) is 0 Å². The summed E-state index contributed by atoms with van der Waals surface area (Å²) >= 11 is 0. The fraction of sp³-hybridized carbons (Fsp3) is 0.348. The predicted octanol–water partition coefficient (Wildman–Crippen LogP) is 0.0671. The minimum atomic E-state index is -1.62. The highest BCUT2D eigenvalue weighted by Gasteiger charge is 2.45. The molecule has 12 nitrogen and oxygen atoms in total. The molecule has 1 fully saturated rings. The average Bonchev–Trinajstić information content (AvgIpc) is 2.86. The third kappa shape index (κ3) is 4.33. The number of phenolic OH excluding ortho intramolecular Hbond substituents is 2. The number of rotatable bonds is 6. The van der Waals surface area contributed by atoms with E-state index in [9.17, 15) is 35.4 Å². The summed E-state index contributed by atoms with van der Waals surface area (Å²) in [5, 5.41) is 59.8. The van der Waals surface area contributed by atoms with Crippen LogP contribution in [0.2, 0.25) is 0 Å². The second kappa shape index (κ2) is 9.60. The van der Waals surface area contributed by atoms with Gasteiger partial charge in [0.05, 0.1) is 20.8 Å². The number of aromatic hydroxyl groups is 2. The van der Waals surface area contributed by atoms with Gasteiger partial charge in [0.25, 0.3) is 0 Å². The SMILES string of the molecule is COc1cc(-c2cc(=O)c3c(O)cc(OC)c(O)c3o2)ccc1OC1OC(CO)C(O)C(O)C1O. The standard InChI is InChI=1S/C23H24O12/c1-31-14-5-9(3-4-12(14)34-23-21(30)20(29)18(27)16(8-24)35-23)13-6-10(25)17-11(26)7-15(32-2)19(28)22(17)33-13/h3-7,16,18,20-21,23-24,26-30H,8H2,1-2H3. The van der Waals surface area contributed by atoms with E-state index < -0.39 is 54.2 Å². The number of benzene rings is 2. The third-order valence-corrected chi connectivity index (χ3v) is 5.68. The molecule has 3 aromatic rings. The van der Waals surface area contributed by atoms with E-state index in [1.807, 2.05) is 0 Å². The van der Waals surface area contributed by atoms with Crippen molar-refractivity contribution in [2.45, 2.75) is 30.7 Å². The summed E-state index contributed by atoms with van der Waals surface area (Å²) in [7, 11) is 2.62. The van der Waals surface area contributed by atoms with E-state index in [0.717, 1.165) is 12.1 Å². The van der Waals surface area contributed by atoms with Gasteiger partial charge in [-0.1, -0.05) is 0 Å². The molecular weight excluding hydrogens is 468 g/mol. The Labute approximate surface area is 197 Å². The van der Waals surface area contributed by atoms with E-state index in [1.165, 1.54) is 32.4 Å². The van der Waals surface area contributed by atoms with E-state index in [0.29, 0.717) is 5.56 Å². The molecule has 1 aliphatic heterocycles. The zero-order valence-corrected chi connectivity index (χ0v) is 18.6. The normalized spacial score (nSPS) is 24.3. The Hall–Kier alpha value is -3.55. The molecule has 0 amide bonds. The van der Waals surface area contributed by atoms with E-state index in [4.69, 9.17) is 23.4 Å². The second-order valence-corrected chi connectivity index (χ2v) is 7.81. The molecule has 188 valence electrons. The number of phenols is 2. The highest BCUT2D eigenvalue weighted by atomic mass is 16.7. The number of methoxy groups -OCH3 is 2. The Kier molecular flexibility index (Phi) is 6.74. The fourth-order valence-electron chi connectivity index (χ4n) is 3.79. The number of aliphatic hydroxyl groups is 4. The fourth-order valence-corrected chi connectivity index (χ4v) is 3.79. The highest BCUT2D eigenvalue weighted by molar-refractivity contribution is 5.91. The summed E-state index contributed by atoms with van der Waals surface area (Å²) in [6, 6.07) is 6.58. The van der Waals surface area contributed by atoms with E-state index >= 15 is 0 Å². The summed E-state index contributed by atoms with van der Waals surface area (Å²) in [6.07, 6.45) is -7.37. The summed E-state index contributed by atoms with van der Waals surface area (Å²) in [6.45, 7) is -0.616. The summed E-state index contributed by atoms with van der Waals surface area (Å²) < 4.78 is 27.0. The van der Waals surface area contributed by atoms with Gasteiger partial charge in [0, 0.05) is 17.7 Å². The molecule has 1 saturated heterocycles. The molecule has 0 radical (unpaired) electrons. The lowest BCUT2D eigenvalue weighted by atomic mass is 9.99. The summed E-state index contributed by atoms with van der Waals surface area (Å²) in [4.78, 5) is 12.6. The minimum Gasteiger partial charge on any atom is -0.507 e. The molecule has 5 atom stereocenters. The van der Waals surface area contributed by atoms with E-state index in [2.05, 4.69) is 0 Å². The van der Waals surface area contributed by atoms with Crippen LogP contribution in [0, 0.1) is 0 Å². The first-order valence-electron chi connectivity index (χ1n) is 10.4. The Morgan fingerprint density at radius 3 is 2.29 bits per heavy atom. The minimum absolute atomic E-state index is 0.0307. The van der Waals surface area contributed by atoms with Gasteiger partial charge in [-0.3, -0.25) is 4.79 Å². The average molecular weight is 492 g/mol. The number of aliphatic hydroxyl groups excluding tert-OH is 4. The van der Waals surface area contributed by atoms with Crippen LogP contribution in [0.15, 0.2) is 39.5 Å². The molecule has 0 saturated carbocycles. The highest BCUT2D eigenvalue weighted by Crippen LogP contribution is 2.41. The number of ether oxygens (including phenoxy) is 4. The molecule has 4 rings (SSSR count). The van der Waals surface area contributed by atoms with Crippen LogP contribution in [0.25, 0.3) is 22.3 Å². The number of fused-ring (bicyclic) bond motifs is 1. The van der Waals surface area contributed by atoms with Crippen LogP contribution in [0.4, 0.5) is 0 Å². The first-order chi connectivity index (χ1) is 16.7. The Balaban J connectivity index is 1.71. The van der Waals surface area contributed by atoms with Crippen molar-refractivity contribution in [2.75, 3.05) is 20.8 Å². The molecule has 12 heteroatoms. The van der Waals surface area contributed by atoms with Gasteiger partial charge >= 0.3 is 0 Å². The van der Waals surface area contributed by atoms with Crippen LogP contribution in [0.5, 0.6) is 28.7 Å². The van der Waals surface area contributed by atoms with Crippen LogP contribution in [-0.4, -0.2) is 82.2 Å². The zero-order valence-electron chi connectivity index (χ0n) is 18.6. The van der Waals surface area contributed by atoms with Gasteiger partial charge in [-0.15, -0.1) is 0 Å². The topological polar surface area (TPSA) is 189 Å². The molecule has 1 aromatic heterocycles. The smallest absolute Gasteiger partial charge is 0.229 e. The van der Waals surface area contributed by atoms with Crippen molar-refractivity contribution in [1.29, 1.82) is 0 Å². The number of hydrogen-bond acceptors (Lipinski definition) is 12. The summed E-state index contributed by atoms with van der Waals surface area (Å²) in [5.74, 6) is -0.741. The summed E-state index contributed by atoms with van der Waals surface area (Å²) in [5.41, 5.74) is -0.550. The third-order valence-electron chi connectivity index (χ3n) is 5.68. The van der Waals surface area contributed by atoms with E-state index in [-0.39, 0.29) is 34.0 Å². The van der Waals surface area contributed by atoms with Crippen molar-refractivity contribution in [3.8, 4) is 40.1 Å². The Bertz CT molecular complexity index is 1280. The molecule has 1 aliphatic rings. The van der Waals surface area contributed by atoms with Crippen LogP contribution in [0.1, 0.15) is 0 Å². The van der Waals surface area contributed by atoms with Crippen LogP contribution >= 0.6 is 0 Å². The largest absolute Gasteiger partial charge is 0.507 e. The molecule has 0 bridgehead atoms.